The van der Waals surface area contributed by atoms with Crippen LogP contribution in [0, 0.1) is 0 Å². The van der Waals surface area contributed by atoms with Gasteiger partial charge in [-0.2, -0.15) is 5.10 Å². The van der Waals surface area contributed by atoms with Crippen molar-refractivity contribution < 1.29 is 9.47 Å². The Hall–Kier alpha value is -1.89. The van der Waals surface area contributed by atoms with Crippen LogP contribution in [0.25, 0.3) is 10.8 Å². The number of aromatic nitrogens is 3. The highest BCUT2D eigenvalue weighted by Crippen LogP contribution is 2.25. The van der Waals surface area contributed by atoms with Crippen LogP contribution < -0.4 is 4.74 Å². The minimum absolute atomic E-state index is 0.458. The molecule has 1 aromatic carbocycles. The van der Waals surface area contributed by atoms with Gasteiger partial charge in [0.2, 0.25) is 0 Å². The summed E-state index contributed by atoms with van der Waals surface area (Å²) >= 11 is 6.09. The Morgan fingerprint density at radius 2 is 2.04 bits per heavy atom. The van der Waals surface area contributed by atoms with E-state index in [4.69, 9.17) is 21.1 Å². The number of pyridine rings is 1. The standard InChI is InChI=1S/C19H24ClN3O2Si/c1-26(2,3)9-8-24-14-23-12-15(11-22-23)13-25-17-4-5-18-16(10-17)6-7-21-19(18)20/h4-7,10-12H,8-9,13-14H2,1-3H3. The van der Waals surface area contributed by atoms with Crippen LogP contribution in [0.15, 0.2) is 42.9 Å². The van der Waals surface area contributed by atoms with Gasteiger partial charge in [0.1, 0.15) is 24.2 Å². The SMILES string of the molecule is C[Si](C)(C)CCOCn1cc(COc2ccc3c(Cl)nccc3c2)cn1. The molecule has 0 spiro atoms. The molecule has 0 saturated carbocycles. The van der Waals surface area contributed by atoms with Crippen LogP contribution in [0.3, 0.4) is 0 Å². The molecule has 0 bridgehead atoms. The molecule has 0 unspecified atom stereocenters. The number of hydrogen-bond acceptors (Lipinski definition) is 4. The lowest BCUT2D eigenvalue weighted by molar-refractivity contribution is 0.0785. The smallest absolute Gasteiger partial charge is 0.139 e. The summed E-state index contributed by atoms with van der Waals surface area (Å²) in [6.07, 6.45) is 5.46. The van der Waals surface area contributed by atoms with Gasteiger partial charge in [0.05, 0.1) is 6.20 Å². The van der Waals surface area contributed by atoms with Gasteiger partial charge in [-0.1, -0.05) is 31.2 Å². The molecule has 0 aliphatic carbocycles. The summed E-state index contributed by atoms with van der Waals surface area (Å²) in [7, 11) is -1.05. The molecule has 0 aliphatic heterocycles. The molecule has 0 atom stereocenters. The molecule has 0 radical (unpaired) electrons. The molecule has 7 heteroatoms. The van der Waals surface area contributed by atoms with Gasteiger partial charge in [-0.15, -0.1) is 0 Å². The highest BCUT2D eigenvalue weighted by Gasteiger charge is 2.12. The van der Waals surface area contributed by atoms with Crippen molar-refractivity contribution in [2.24, 2.45) is 0 Å². The largest absolute Gasteiger partial charge is 0.489 e. The van der Waals surface area contributed by atoms with E-state index >= 15 is 0 Å². The summed E-state index contributed by atoms with van der Waals surface area (Å²) in [6.45, 7) is 8.76. The molecule has 26 heavy (non-hydrogen) atoms. The Morgan fingerprint density at radius 3 is 2.85 bits per heavy atom. The van der Waals surface area contributed by atoms with Gasteiger partial charge in [-0.05, 0) is 35.7 Å². The molecule has 3 aromatic rings. The van der Waals surface area contributed by atoms with Crippen LogP contribution in [0.1, 0.15) is 5.56 Å². The van der Waals surface area contributed by atoms with Crippen molar-refractivity contribution in [2.45, 2.75) is 39.0 Å². The first kappa shape index (κ1) is 18.9. The molecule has 5 nitrogen and oxygen atoms in total. The van der Waals surface area contributed by atoms with Crippen LogP contribution in [-0.4, -0.2) is 29.4 Å². The number of fused-ring (bicyclic) bond motifs is 1. The zero-order chi connectivity index (χ0) is 18.6. The summed E-state index contributed by atoms with van der Waals surface area (Å²) in [5.41, 5.74) is 1.01. The van der Waals surface area contributed by atoms with Gasteiger partial charge >= 0.3 is 0 Å². The van der Waals surface area contributed by atoms with Gasteiger partial charge in [-0.3, -0.25) is 0 Å². The molecule has 0 amide bonds. The quantitative estimate of drug-likeness (QED) is 0.310. The first-order chi connectivity index (χ1) is 12.4. The molecule has 0 aliphatic rings. The van der Waals surface area contributed by atoms with E-state index in [-0.39, 0.29) is 0 Å². The van der Waals surface area contributed by atoms with Crippen LogP contribution in [0.2, 0.25) is 30.8 Å². The maximum Gasteiger partial charge on any atom is 0.139 e. The Labute approximate surface area is 159 Å². The fourth-order valence-electron chi connectivity index (χ4n) is 2.46. The molecule has 3 rings (SSSR count). The van der Waals surface area contributed by atoms with E-state index in [1.165, 1.54) is 0 Å². The van der Waals surface area contributed by atoms with Crippen LogP contribution in [0.5, 0.6) is 5.75 Å². The first-order valence-corrected chi connectivity index (χ1v) is 12.8. The lowest BCUT2D eigenvalue weighted by atomic mass is 10.2. The number of benzene rings is 1. The fourth-order valence-corrected chi connectivity index (χ4v) is 3.45. The first-order valence-electron chi connectivity index (χ1n) is 8.67. The zero-order valence-electron chi connectivity index (χ0n) is 15.4. The zero-order valence-corrected chi connectivity index (χ0v) is 17.2. The molecule has 0 saturated heterocycles. The van der Waals surface area contributed by atoms with E-state index < -0.39 is 8.07 Å². The van der Waals surface area contributed by atoms with Crippen molar-refractivity contribution in [1.29, 1.82) is 0 Å². The molecule has 2 aromatic heterocycles. The van der Waals surface area contributed by atoms with Crippen molar-refractivity contribution in [2.75, 3.05) is 6.61 Å². The van der Waals surface area contributed by atoms with Gasteiger partial charge in [0, 0.05) is 38.0 Å². The molecular weight excluding hydrogens is 366 g/mol. The average Bonchev–Trinajstić information content (AvgIpc) is 3.04. The summed E-state index contributed by atoms with van der Waals surface area (Å²) in [6, 6.07) is 8.87. The summed E-state index contributed by atoms with van der Waals surface area (Å²) < 4.78 is 13.4. The third-order valence-electron chi connectivity index (χ3n) is 4.00. The van der Waals surface area contributed by atoms with Crippen LogP contribution in [0.4, 0.5) is 0 Å². The monoisotopic (exact) mass is 389 g/mol. The van der Waals surface area contributed by atoms with Crippen molar-refractivity contribution in [1.82, 2.24) is 14.8 Å². The van der Waals surface area contributed by atoms with E-state index in [1.807, 2.05) is 36.7 Å². The lowest BCUT2D eigenvalue weighted by Gasteiger charge is -2.15. The predicted molar refractivity (Wildman–Crippen MR) is 107 cm³/mol. The fraction of sp³-hybridized carbons (Fsp3) is 0.368. The minimum atomic E-state index is -1.05. The third kappa shape index (κ3) is 5.30. The number of ether oxygens (including phenoxy) is 2. The molecule has 2 heterocycles. The topological polar surface area (TPSA) is 49.2 Å². The molecular formula is C19H24ClN3O2Si. The number of halogens is 1. The van der Waals surface area contributed by atoms with E-state index in [1.54, 1.807) is 10.9 Å². The molecule has 0 fully saturated rings. The predicted octanol–water partition coefficient (Wildman–Crippen LogP) is 4.98. The van der Waals surface area contributed by atoms with E-state index in [2.05, 4.69) is 29.7 Å². The summed E-state index contributed by atoms with van der Waals surface area (Å²) in [4.78, 5) is 4.08. The number of hydrogen-bond donors (Lipinski definition) is 0. The van der Waals surface area contributed by atoms with E-state index in [0.717, 1.165) is 34.7 Å². The van der Waals surface area contributed by atoms with E-state index in [9.17, 15) is 0 Å². The van der Waals surface area contributed by atoms with Crippen molar-refractivity contribution in [3.63, 3.8) is 0 Å². The minimum Gasteiger partial charge on any atom is -0.489 e. The molecule has 138 valence electrons. The maximum atomic E-state index is 6.09. The lowest BCUT2D eigenvalue weighted by Crippen LogP contribution is -2.22. The van der Waals surface area contributed by atoms with Crippen molar-refractivity contribution in [3.8, 4) is 5.75 Å². The summed E-state index contributed by atoms with van der Waals surface area (Å²) in [5, 5.41) is 6.75. The van der Waals surface area contributed by atoms with E-state index in [0.29, 0.717) is 18.5 Å². The third-order valence-corrected chi connectivity index (χ3v) is 6.00. The van der Waals surface area contributed by atoms with Crippen LogP contribution >= 0.6 is 11.6 Å². The van der Waals surface area contributed by atoms with Crippen molar-refractivity contribution >= 4 is 30.4 Å². The maximum absolute atomic E-state index is 6.09. The Morgan fingerprint density at radius 1 is 1.19 bits per heavy atom. The highest BCUT2D eigenvalue weighted by atomic mass is 35.5. The Bertz CT molecular complexity index is 877. The second-order valence-electron chi connectivity index (χ2n) is 7.51. The number of rotatable bonds is 8. The highest BCUT2D eigenvalue weighted by molar-refractivity contribution is 6.76. The summed E-state index contributed by atoms with van der Waals surface area (Å²) in [5.74, 6) is 0.791. The normalized spacial score (nSPS) is 11.8. The Kier molecular flexibility index (Phi) is 5.96. The second-order valence-corrected chi connectivity index (χ2v) is 13.5. The van der Waals surface area contributed by atoms with Gasteiger partial charge in [0.25, 0.3) is 0 Å². The van der Waals surface area contributed by atoms with Crippen LogP contribution in [-0.2, 0) is 18.1 Å². The average molecular weight is 390 g/mol. The van der Waals surface area contributed by atoms with Gasteiger partial charge in [0.15, 0.2) is 0 Å². The number of nitrogens with zero attached hydrogens (tertiary/aromatic N) is 3. The van der Waals surface area contributed by atoms with Gasteiger partial charge in [-0.25, -0.2) is 9.67 Å². The Balaban J connectivity index is 1.52. The van der Waals surface area contributed by atoms with Crippen molar-refractivity contribution in [3.05, 3.63) is 53.6 Å². The van der Waals surface area contributed by atoms with Gasteiger partial charge < -0.3 is 9.47 Å². The second kappa shape index (κ2) is 8.20. The molecule has 0 N–H and O–H groups in total.